The molecule has 0 amide bonds. The SMILES string of the molecule is Cc1cc(F)cc(-n2c(CCCl)nc3c(F)cccc32)c1. The van der Waals surface area contributed by atoms with Gasteiger partial charge in [0.15, 0.2) is 5.82 Å². The molecule has 0 spiro atoms. The van der Waals surface area contributed by atoms with Gasteiger partial charge < -0.3 is 0 Å². The van der Waals surface area contributed by atoms with Gasteiger partial charge in [0, 0.05) is 12.3 Å². The van der Waals surface area contributed by atoms with Gasteiger partial charge in [-0.15, -0.1) is 11.6 Å². The number of nitrogens with zero attached hydrogens (tertiary/aromatic N) is 2. The molecule has 0 bridgehead atoms. The molecule has 5 heteroatoms. The summed E-state index contributed by atoms with van der Waals surface area (Å²) in [4.78, 5) is 4.32. The van der Waals surface area contributed by atoms with E-state index in [0.717, 1.165) is 5.56 Å². The highest BCUT2D eigenvalue weighted by Crippen LogP contribution is 2.25. The fourth-order valence-corrected chi connectivity index (χ4v) is 2.67. The van der Waals surface area contributed by atoms with Gasteiger partial charge in [-0.1, -0.05) is 6.07 Å². The van der Waals surface area contributed by atoms with Crippen LogP contribution in [0.2, 0.25) is 0 Å². The normalized spacial score (nSPS) is 11.2. The zero-order valence-corrected chi connectivity index (χ0v) is 12.2. The second-order valence-corrected chi connectivity index (χ2v) is 5.27. The third-order valence-corrected chi connectivity index (χ3v) is 3.50. The summed E-state index contributed by atoms with van der Waals surface area (Å²) in [6.07, 6.45) is 0.477. The van der Waals surface area contributed by atoms with Gasteiger partial charge in [0.05, 0.1) is 11.2 Å². The van der Waals surface area contributed by atoms with Crippen molar-refractivity contribution in [1.82, 2.24) is 9.55 Å². The first-order chi connectivity index (χ1) is 10.1. The third kappa shape index (κ3) is 2.51. The fourth-order valence-electron chi connectivity index (χ4n) is 2.50. The Morgan fingerprint density at radius 1 is 1.19 bits per heavy atom. The molecule has 0 aliphatic heterocycles. The average Bonchev–Trinajstić information content (AvgIpc) is 2.78. The van der Waals surface area contributed by atoms with Crippen molar-refractivity contribution in [3.63, 3.8) is 0 Å². The van der Waals surface area contributed by atoms with Crippen LogP contribution in [-0.2, 0) is 6.42 Å². The molecule has 0 fully saturated rings. The lowest BCUT2D eigenvalue weighted by Gasteiger charge is -2.10. The monoisotopic (exact) mass is 306 g/mol. The van der Waals surface area contributed by atoms with E-state index in [0.29, 0.717) is 29.3 Å². The van der Waals surface area contributed by atoms with E-state index in [1.165, 1.54) is 18.2 Å². The molecular weight excluding hydrogens is 294 g/mol. The van der Waals surface area contributed by atoms with Crippen LogP contribution in [0.3, 0.4) is 0 Å². The van der Waals surface area contributed by atoms with E-state index < -0.39 is 5.82 Å². The molecule has 3 aromatic rings. The topological polar surface area (TPSA) is 17.8 Å². The summed E-state index contributed by atoms with van der Waals surface area (Å²) in [6.45, 7) is 1.81. The molecule has 0 radical (unpaired) electrons. The Hall–Kier alpha value is -1.94. The maximum atomic E-state index is 13.9. The van der Waals surface area contributed by atoms with Crippen LogP contribution in [0.4, 0.5) is 8.78 Å². The minimum atomic E-state index is -0.393. The number of aryl methyl sites for hydroxylation is 2. The summed E-state index contributed by atoms with van der Waals surface area (Å²) >= 11 is 5.80. The maximum Gasteiger partial charge on any atom is 0.151 e. The van der Waals surface area contributed by atoms with Crippen molar-refractivity contribution in [2.75, 3.05) is 5.88 Å². The molecule has 1 aromatic heterocycles. The Balaban J connectivity index is 2.33. The Labute approximate surface area is 126 Å². The van der Waals surface area contributed by atoms with Crippen LogP contribution in [0.25, 0.3) is 16.7 Å². The van der Waals surface area contributed by atoms with Gasteiger partial charge in [0.1, 0.15) is 17.2 Å². The van der Waals surface area contributed by atoms with Gasteiger partial charge in [0.25, 0.3) is 0 Å². The van der Waals surface area contributed by atoms with E-state index in [2.05, 4.69) is 4.98 Å². The largest absolute Gasteiger partial charge is 0.296 e. The summed E-state index contributed by atoms with van der Waals surface area (Å²) in [6, 6.07) is 9.45. The van der Waals surface area contributed by atoms with Crippen LogP contribution in [0.15, 0.2) is 36.4 Å². The second kappa shape index (κ2) is 5.45. The zero-order chi connectivity index (χ0) is 15.0. The second-order valence-electron chi connectivity index (χ2n) is 4.90. The summed E-state index contributed by atoms with van der Waals surface area (Å²) in [5.41, 5.74) is 2.31. The number of imidazole rings is 1. The van der Waals surface area contributed by atoms with Crippen molar-refractivity contribution < 1.29 is 8.78 Å². The summed E-state index contributed by atoms with van der Waals surface area (Å²) in [5, 5.41) is 0. The molecule has 0 atom stereocenters. The first-order valence-corrected chi connectivity index (χ1v) is 7.13. The van der Waals surface area contributed by atoms with Crippen molar-refractivity contribution in [3.05, 3.63) is 59.4 Å². The Morgan fingerprint density at radius 2 is 2.00 bits per heavy atom. The predicted octanol–water partition coefficient (Wildman–Crippen LogP) is 4.39. The lowest BCUT2D eigenvalue weighted by molar-refractivity contribution is 0.625. The molecule has 21 heavy (non-hydrogen) atoms. The van der Waals surface area contributed by atoms with Gasteiger partial charge in [-0.25, -0.2) is 13.8 Å². The van der Waals surface area contributed by atoms with Crippen molar-refractivity contribution in [2.45, 2.75) is 13.3 Å². The van der Waals surface area contributed by atoms with E-state index in [1.807, 2.05) is 13.0 Å². The predicted molar refractivity (Wildman–Crippen MR) is 80.1 cm³/mol. The van der Waals surface area contributed by atoms with E-state index in [9.17, 15) is 8.78 Å². The first-order valence-electron chi connectivity index (χ1n) is 6.59. The molecule has 108 valence electrons. The van der Waals surface area contributed by atoms with Crippen LogP contribution >= 0.6 is 11.6 Å². The Bertz CT molecular complexity index is 791. The quantitative estimate of drug-likeness (QED) is 0.656. The molecule has 0 aliphatic carbocycles. The smallest absolute Gasteiger partial charge is 0.151 e. The van der Waals surface area contributed by atoms with Gasteiger partial charge in [-0.05, 0) is 42.8 Å². The van der Waals surface area contributed by atoms with Crippen molar-refractivity contribution in [2.24, 2.45) is 0 Å². The zero-order valence-electron chi connectivity index (χ0n) is 11.4. The van der Waals surface area contributed by atoms with Crippen molar-refractivity contribution in [1.29, 1.82) is 0 Å². The highest BCUT2D eigenvalue weighted by molar-refractivity contribution is 6.17. The van der Waals surface area contributed by atoms with Gasteiger partial charge in [-0.2, -0.15) is 0 Å². The maximum absolute atomic E-state index is 13.9. The molecule has 0 N–H and O–H groups in total. The van der Waals surface area contributed by atoms with Gasteiger partial charge in [0.2, 0.25) is 0 Å². The number of rotatable bonds is 3. The third-order valence-electron chi connectivity index (χ3n) is 3.31. The first kappa shape index (κ1) is 14.0. The summed E-state index contributed by atoms with van der Waals surface area (Å²) in [5.74, 6) is 0.254. The van der Waals surface area contributed by atoms with E-state index in [4.69, 9.17) is 11.6 Å². The summed E-state index contributed by atoms with van der Waals surface area (Å²) < 4.78 is 29.4. The lowest BCUT2D eigenvalue weighted by Crippen LogP contribution is -2.03. The van der Waals surface area contributed by atoms with Crippen molar-refractivity contribution >= 4 is 22.6 Å². The summed E-state index contributed by atoms with van der Waals surface area (Å²) in [7, 11) is 0. The molecule has 2 nitrogen and oxygen atoms in total. The van der Waals surface area contributed by atoms with E-state index >= 15 is 0 Å². The Kier molecular flexibility index (Phi) is 3.64. The molecule has 0 saturated heterocycles. The Morgan fingerprint density at radius 3 is 2.71 bits per heavy atom. The number of para-hydroxylation sites is 1. The number of benzene rings is 2. The van der Waals surface area contributed by atoms with Gasteiger partial charge >= 0.3 is 0 Å². The lowest BCUT2D eigenvalue weighted by atomic mass is 10.2. The minimum absolute atomic E-state index is 0.277. The van der Waals surface area contributed by atoms with E-state index in [1.54, 1.807) is 16.7 Å². The molecule has 0 unspecified atom stereocenters. The highest BCUT2D eigenvalue weighted by Gasteiger charge is 2.15. The minimum Gasteiger partial charge on any atom is -0.296 e. The van der Waals surface area contributed by atoms with Crippen LogP contribution in [-0.4, -0.2) is 15.4 Å². The van der Waals surface area contributed by atoms with Gasteiger partial charge in [-0.3, -0.25) is 4.57 Å². The molecule has 0 aliphatic rings. The highest BCUT2D eigenvalue weighted by atomic mass is 35.5. The number of hydrogen-bond acceptors (Lipinski definition) is 1. The molecule has 3 rings (SSSR count). The fraction of sp³-hybridized carbons (Fsp3) is 0.188. The molecule has 1 heterocycles. The molecule has 0 saturated carbocycles. The van der Waals surface area contributed by atoms with Crippen LogP contribution in [0.1, 0.15) is 11.4 Å². The number of aromatic nitrogens is 2. The van der Waals surface area contributed by atoms with Crippen LogP contribution < -0.4 is 0 Å². The van der Waals surface area contributed by atoms with Crippen LogP contribution in [0.5, 0.6) is 0 Å². The number of halogens is 3. The standard InChI is InChI=1S/C16H13ClF2N2/c1-10-7-11(18)9-12(8-10)21-14-4-2-3-13(19)16(14)20-15(21)5-6-17/h2-4,7-9H,5-6H2,1H3. The number of alkyl halides is 1. The number of hydrogen-bond donors (Lipinski definition) is 0. The van der Waals surface area contributed by atoms with Crippen LogP contribution in [0, 0.1) is 18.6 Å². The average molecular weight is 307 g/mol. The van der Waals surface area contributed by atoms with Crippen molar-refractivity contribution in [3.8, 4) is 5.69 Å². The molecule has 2 aromatic carbocycles. The number of fused-ring (bicyclic) bond motifs is 1. The molecular formula is C16H13ClF2N2. The van der Waals surface area contributed by atoms with E-state index in [-0.39, 0.29) is 11.3 Å².